The molecule has 0 aromatic heterocycles. The smallest absolute Gasteiger partial charge is 0.235 e. The number of hydrogen-bond donors (Lipinski definition) is 0. The summed E-state index contributed by atoms with van der Waals surface area (Å²) in [4.78, 5) is 51.4. The van der Waals surface area contributed by atoms with E-state index in [1.54, 1.807) is 0 Å². The van der Waals surface area contributed by atoms with Crippen molar-refractivity contribution in [1.82, 2.24) is 0 Å². The number of unbranched alkanes of at least 4 members (excludes halogenated alkanes) is 1. The molecule has 0 N–H and O–H groups in total. The van der Waals surface area contributed by atoms with Gasteiger partial charge in [0.25, 0.3) is 0 Å². The number of rotatable bonds is 10. The summed E-state index contributed by atoms with van der Waals surface area (Å²) in [5.41, 5.74) is 0. The van der Waals surface area contributed by atoms with Crippen LogP contribution >= 0.6 is 0 Å². The first-order valence-corrected chi connectivity index (χ1v) is 5.43. The fourth-order valence-corrected chi connectivity index (χ4v) is 1.31. The van der Waals surface area contributed by atoms with E-state index in [1.165, 1.54) is 18.2 Å². The van der Waals surface area contributed by atoms with Crippen LogP contribution in [0.5, 0.6) is 0 Å². The summed E-state index contributed by atoms with van der Waals surface area (Å²) in [5.74, 6) is -0.267. The number of ketones is 1. The Morgan fingerprint density at radius 3 is 2.22 bits per heavy atom. The van der Waals surface area contributed by atoms with Gasteiger partial charge < -0.3 is 0 Å². The summed E-state index contributed by atoms with van der Waals surface area (Å²) < 4.78 is 0. The topological polar surface area (TPSA) is 105 Å². The number of nitrogens with zero attached hydrogens (tertiary/aromatic N) is 3. The molecule has 0 saturated heterocycles. The minimum Gasteiger partial charge on any atom is -0.297 e. The summed E-state index contributed by atoms with van der Waals surface area (Å²) in [6.07, 6.45) is 5.72. The van der Waals surface area contributed by atoms with Crippen LogP contribution in [-0.4, -0.2) is 43.2 Å². The van der Waals surface area contributed by atoms with Crippen LogP contribution in [0.15, 0.2) is 15.0 Å². The Kier molecular flexibility index (Phi) is 9.93. The Morgan fingerprint density at radius 2 is 1.61 bits per heavy atom. The largest absolute Gasteiger partial charge is 0.297 e. The number of Topliss-reactive ketones (excluding diaryl/α,β-unsaturated/α-hetero) is 1. The Labute approximate surface area is 104 Å². The molecule has 7 nitrogen and oxygen atoms in total. The van der Waals surface area contributed by atoms with Crippen LogP contribution in [0.1, 0.15) is 25.7 Å². The molecule has 0 aliphatic heterocycles. The summed E-state index contributed by atoms with van der Waals surface area (Å²) >= 11 is 0. The average molecular weight is 251 g/mol. The molecular weight excluding hydrogens is 238 g/mol. The maximum absolute atomic E-state index is 11.6. The van der Waals surface area contributed by atoms with E-state index in [-0.39, 0.29) is 18.7 Å². The molecule has 1 unspecified atom stereocenters. The Bertz CT molecular complexity index is 403. The molecular formula is C11H13N3O4. The maximum atomic E-state index is 11.6. The lowest BCUT2D eigenvalue weighted by Gasteiger charge is -2.07. The van der Waals surface area contributed by atoms with Crippen molar-refractivity contribution < 1.29 is 19.2 Å². The average Bonchev–Trinajstić information content (AvgIpc) is 2.37. The first-order chi connectivity index (χ1) is 8.76. The van der Waals surface area contributed by atoms with Gasteiger partial charge in [0.2, 0.25) is 18.2 Å². The lowest BCUT2D eigenvalue weighted by Crippen LogP contribution is -2.19. The minimum atomic E-state index is -0.760. The standard InChI is InChI=1S/C11H13N3O4/c15-7-12-5-2-1-3-10(14-9-17)11(18)4-6-13-8-16/h10H,1-6H2. The van der Waals surface area contributed by atoms with E-state index in [4.69, 9.17) is 0 Å². The summed E-state index contributed by atoms with van der Waals surface area (Å²) in [5, 5.41) is 0. The van der Waals surface area contributed by atoms with Crippen LogP contribution < -0.4 is 0 Å². The lowest BCUT2D eigenvalue weighted by atomic mass is 10.0. The number of isocyanates is 3. The number of carbonyl (C=O) groups is 1. The van der Waals surface area contributed by atoms with Gasteiger partial charge in [0.15, 0.2) is 5.78 Å². The highest BCUT2D eigenvalue weighted by atomic mass is 16.1. The predicted molar refractivity (Wildman–Crippen MR) is 61.4 cm³/mol. The van der Waals surface area contributed by atoms with Crippen LogP contribution in [0.25, 0.3) is 0 Å². The van der Waals surface area contributed by atoms with E-state index < -0.39 is 6.04 Å². The maximum Gasteiger partial charge on any atom is 0.235 e. The zero-order valence-corrected chi connectivity index (χ0v) is 9.79. The molecule has 0 bridgehead atoms. The van der Waals surface area contributed by atoms with Crippen LogP contribution in [0, 0.1) is 0 Å². The van der Waals surface area contributed by atoms with E-state index in [0.29, 0.717) is 25.8 Å². The normalized spacial score (nSPS) is 10.4. The molecule has 1 atom stereocenters. The second-order valence-corrected chi connectivity index (χ2v) is 3.39. The number of carbonyl (C=O) groups excluding carboxylic acids is 4. The SMILES string of the molecule is O=C=NCCCCC(N=C=O)C(=O)CCN=C=O. The van der Waals surface area contributed by atoms with Crippen molar-refractivity contribution in [3.8, 4) is 0 Å². The fraction of sp³-hybridized carbons (Fsp3) is 0.636. The van der Waals surface area contributed by atoms with Crippen molar-refractivity contribution in [1.29, 1.82) is 0 Å². The van der Waals surface area contributed by atoms with Crippen molar-refractivity contribution >= 4 is 24.0 Å². The molecule has 0 amide bonds. The van der Waals surface area contributed by atoms with Crippen LogP contribution in [0.3, 0.4) is 0 Å². The summed E-state index contributed by atoms with van der Waals surface area (Å²) in [7, 11) is 0. The van der Waals surface area contributed by atoms with Gasteiger partial charge in [-0.15, -0.1) is 0 Å². The van der Waals surface area contributed by atoms with Gasteiger partial charge in [-0.2, -0.15) is 4.99 Å². The lowest BCUT2D eigenvalue weighted by molar-refractivity contribution is -0.120. The Hall–Kier alpha value is -2.19. The van der Waals surface area contributed by atoms with Gasteiger partial charge in [-0.05, 0) is 19.3 Å². The molecule has 0 aromatic carbocycles. The zero-order chi connectivity index (χ0) is 13.6. The van der Waals surface area contributed by atoms with Crippen molar-refractivity contribution in [2.75, 3.05) is 13.1 Å². The molecule has 0 aromatic rings. The van der Waals surface area contributed by atoms with Crippen molar-refractivity contribution in [3.63, 3.8) is 0 Å². The van der Waals surface area contributed by atoms with E-state index in [9.17, 15) is 19.2 Å². The van der Waals surface area contributed by atoms with Crippen LogP contribution in [0.2, 0.25) is 0 Å². The first-order valence-electron chi connectivity index (χ1n) is 5.43. The van der Waals surface area contributed by atoms with Crippen LogP contribution in [-0.2, 0) is 19.2 Å². The van der Waals surface area contributed by atoms with E-state index in [2.05, 4.69) is 15.0 Å². The molecule has 0 radical (unpaired) electrons. The predicted octanol–water partition coefficient (Wildman–Crippen LogP) is 0.492. The third-order valence-corrected chi connectivity index (χ3v) is 2.18. The Balaban J connectivity index is 4.11. The van der Waals surface area contributed by atoms with Gasteiger partial charge >= 0.3 is 0 Å². The summed E-state index contributed by atoms with van der Waals surface area (Å²) in [6.45, 7) is 0.382. The Morgan fingerprint density at radius 1 is 0.944 bits per heavy atom. The van der Waals surface area contributed by atoms with Gasteiger partial charge in [-0.1, -0.05) is 0 Å². The highest BCUT2D eigenvalue weighted by molar-refractivity contribution is 5.85. The molecule has 0 aliphatic carbocycles. The third kappa shape index (κ3) is 8.02. The molecule has 0 aliphatic rings. The monoisotopic (exact) mass is 251 g/mol. The van der Waals surface area contributed by atoms with E-state index in [0.717, 1.165) is 0 Å². The highest BCUT2D eigenvalue weighted by Gasteiger charge is 2.16. The molecule has 7 heteroatoms. The molecule has 96 valence electrons. The molecule has 0 rings (SSSR count). The van der Waals surface area contributed by atoms with Gasteiger partial charge in [0.05, 0.1) is 13.1 Å². The van der Waals surface area contributed by atoms with Crippen molar-refractivity contribution in [2.45, 2.75) is 31.7 Å². The molecule has 0 saturated carbocycles. The van der Waals surface area contributed by atoms with Crippen molar-refractivity contribution in [3.05, 3.63) is 0 Å². The second kappa shape index (κ2) is 11.3. The molecule has 0 spiro atoms. The number of hydrogen-bond acceptors (Lipinski definition) is 7. The summed E-state index contributed by atoms with van der Waals surface area (Å²) in [6, 6.07) is -0.760. The molecule has 0 fully saturated rings. The van der Waals surface area contributed by atoms with Crippen molar-refractivity contribution in [2.24, 2.45) is 15.0 Å². The third-order valence-electron chi connectivity index (χ3n) is 2.18. The fourth-order valence-electron chi connectivity index (χ4n) is 1.31. The quantitative estimate of drug-likeness (QED) is 0.320. The van der Waals surface area contributed by atoms with Crippen LogP contribution in [0.4, 0.5) is 0 Å². The van der Waals surface area contributed by atoms with E-state index >= 15 is 0 Å². The molecule has 0 heterocycles. The van der Waals surface area contributed by atoms with Gasteiger partial charge in [0, 0.05) is 6.42 Å². The van der Waals surface area contributed by atoms with Gasteiger partial charge in [-0.25, -0.2) is 24.4 Å². The van der Waals surface area contributed by atoms with Gasteiger partial charge in [-0.3, -0.25) is 4.79 Å². The number of aliphatic imine (C=N–C) groups is 3. The van der Waals surface area contributed by atoms with Gasteiger partial charge in [0.1, 0.15) is 6.04 Å². The first kappa shape index (κ1) is 15.8. The zero-order valence-electron chi connectivity index (χ0n) is 9.79. The molecule has 18 heavy (non-hydrogen) atoms. The van der Waals surface area contributed by atoms with E-state index in [1.807, 2.05) is 0 Å². The minimum absolute atomic E-state index is 0.0393. The second-order valence-electron chi connectivity index (χ2n) is 3.39. The highest BCUT2D eigenvalue weighted by Crippen LogP contribution is 2.08.